The minimum absolute atomic E-state index is 0.525. The molecule has 0 saturated carbocycles. The van der Waals surface area contributed by atoms with E-state index in [1.165, 1.54) is 6.42 Å². The maximum absolute atomic E-state index is 5.54. The van der Waals surface area contributed by atoms with Crippen LogP contribution in [-0.2, 0) is 4.74 Å². The minimum Gasteiger partial charge on any atom is -0.383 e. The summed E-state index contributed by atoms with van der Waals surface area (Å²) in [6.07, 6.45) is 3.47. The standard InChI is InChI=1S/C12H28N2O/c1-11(2)7-9-14(3)12(10-15-4)6-5-8-13/h11-12H,5-10,13H2,1-4H3. The highest BCUT2D eigenvalue weighted by Crippen LogP contribution is 2.08. The number of rotatable bonds is 9. The maximum atomic E-state index is 5.54. The number of nitrogens with two attached hydrogens (primary N) is 1. The van der Waals surface area contributed by atoms with Gasteiger partial charge in [-0.15, -0.1) is 0 Å². The molecule has 0 radical (unpaired) electrons. The van der Waals surface area contributed by atoms with Crippen molar-refractivity contribution in [2.45, 2.75) is 39.2 Å². The van der Waals surface area contributed by atoms with E-state index in [1.807, 2.05) is 0 Å². The zero-order chi connectivity index (χ0) is 11.7. The molecule has 0 heterocycles. The molecule has 2 N–H and O–H groups in total. The first-order chi connectivity index (χ1) is 7.11. The van der Waals surface area contributed by atoms with E-state index in [2.05, 4.69) is 25.8 Å². The topological polar surface area (TPSA) is 38.5 Å². The summed E-state index contributed by atoms with van der Waals surface area (Å²) in [5, 5.41) is 0. The van der Waals surface area contributed by atoms with Crippen molar-refractivity contribution in [2.24, 2.45) is 11.7 Å². The molecule has 0 aliphatic heterocycles. The summed E-state index contributed by atoms with van der Waals surface area (Å²) in [5.74, 6) is 0.769. The van der Waals surface area contributed by atoms with Crippen LogP contribution in [0.4, 0.5) is 0 Å². The second-order valence-electron chi connectivity index (χ2n) is 4.70. The maximum Gasteiger partial charge on any atom is 0.0617 e. The average Bonchev–Trinajstić information content (AvgIpc) is 2.20. The van der Waals surface area contributed by atoms with Gasteiger partial charge in [-0.25, -0.2) is 0 Å². The molecule has 3 heteroatoms. The van der Waals surface area contributed by atoms with Crippen molar-refractivity contribution in [1.29, 1.82) is 0 Å². The molecule has 3 nitrogen and oxygen atoms in total. The van der Waals surface area contributed by atoms with Crippen LogP contribution in [0.1, 0.15) is 33.1 Å². The molecule has 0 spiro atoms. The summed E-state index contributed by atoms with van der Waals surface area (Å²) in [6, 6.07) is 0.525. The van der Waals surface area contributed by atoms with Gasteiger partial charge in [-0.3, -0.25) is 0 Å². The molecule has 0 aromatic heterocycles. The fourth-order valence-corrected chi connectivity index (χ4v) is 1.62. The predicted octanol–water partition coefficient (Wildman–Crippen LogP) is 1.72. The number of hydrogen-bond donors (Lipinski definition) is 1. The number of nitrogens with zero attached hydrogens (tertiary/aromatic N) is 1. The molecule has 0 aromatic carbocycles. The highest BCUT2D eigenvalue weighted by molar-refractivity contribution is 4.69. The van der Waals surface area contributed by atoms with Crippen molar-refractivity contribution >= 4 is 0 Å². The van der Waals surface area contributed by atoms with Crippen molar-refractivity contribution in [3.63, 3.8) is 0 Å². The lowest BCUT2D eigenvalue weighted by Gasteiger charge is -2.28. The van der Waals surface area contributed by atoms with Crippen LogP contribution >= 0.6 is 0 Å². The van der Waals surface area contributed by atoms with Gasteiger partial charge in [-0.1, -0.05) is 13.8 Å². The number of ether oxygens (including phenoxy) is 1. The van der Waals surface area contributed by atoms with Crippen molar-refractivity contribution in [2.75, 3.05) is 33.9 Å². The molecule has 0 bridgehead atoms. The minimum atomic E-state index is 0.525. The molecule has 15 heavy (non-hydrogen) atoms. The number of hydrogen-bond acceptors (Lipinski definition) is 3. The number of likely N-dealkylation sites (N-methyl/N-ethyl adjacent to an activating group) is 1. The molecule has 1 atom stereocenters. The summed E-state index contributed by atoms with van der Waals surface area (Å²) in [7, 11) is 3.95. The fraction of sp³-hybridized carbons (Fsp3) is 1.00. The van der Waals surface area contributed by atoms with Gasteiger partial charge >= 0.3 is 0 Å². The third-order valence-corrected chi connectivity index (χ3v) is 2.78. The van der Waals surface area contributed by atoms with Crippen molar-refractivity contribution in [3.05, 3.63) is 0 Å². The van der Waals surface area contributed by atoms with Crippen molar-refractivity contribution < 1.29 is 4.74 Å². The molecular formula is C12H28N2O. The molecule has 0 aromatic rings. The van der Waals surface area contributed by atoms with Gasteiger partial charge in [0.05, 0.1) is 6.61 Å². The Bertz CT molecular complexity index is 140. The second kappa shape index (κ2) is 9.13. The SMILES string of the molecule is COCC(CCCN)N(C)CCC(C)C. The Labute approximate surface area is 95.0 Å². The second-order valence-corrected chi connectivity index (χ2v) is 4.70. The van der Waals surface area contributed by atoms with E-state index in [0.29, 0.717) is 6.04 Å². The molecule has 1 unspecified atom stereocenters. The quantitative estimate of drug-likeness (QED) is 0.638. The third-order valence-electron chi connectivity index (χ3n) is 2.78. The van der Waals surface area contributed by atoms with E-state index in [9.17, 15) is 0 Å². The lowest BCUT2D eigenvalue weighted by atomic mass is 10.1. The Kier molecular flexibility index (Phi) is 9.06. The molecular weight excluding hydrogens is 188 g/mol. The van der Waals surface area contributed by atoms with Gasteiger partial charge in [0, 0.05) is 13.2 Å². The van der Waals surface area contributed by atoms with Crippen molar-refractivity contribution in [1.82, 2.24) is 4.90 Å². The molecule has 92 valence electrons. The van der Waals surface area contributed by atoms with Crippen LogP contribution in [0.2, 0.25) is 0 Å². The Balaban J connectivity index is 3.86. The molecule has 0 fully saturated rings. The van der Waals surface area contributed by atoms with Crippen LogP contribution in [-0.4, -0.2) is 44.8 Å². The smallest absolute Gasteiger partial charge is 0.0617 e. The molecule has 0 saturated heterocycles. The van der Waals surface area contributed by atoms with E-state index in [0.717, 1.165) is 38.5 Å². The zero-order valence-electron chi connectivity index (χ0n) is 10.8. The van der Waals surface area contributed by atoms with Gasteiger partial charge < -0.3 is 15.4 Å². The summed E-state index contributed by atoms with van der Waals surface area (Å²) < 4.78 is 5.25. The first-order valence-electron chi connectivity index (χ1n) is 6.01. The summed E-state index contributed by atoms with van der Waals surface area (Å²) in [5.41, 5.74) is 5.54. The molecule has 0 amide bonds. The summed E-state index contributed by atoms with van der Waals surface area (Å²) >= 11 is 0. The van der Waals surface area contributed by atoms with E-state index < -0.39 is 0 Å². The Morgan fingerprint density at radius 2 is 1.93 bits per heavy atom. The third kappa shape index (κ3) is 7.77. The van der Waals surface area contributed by atoms with Crippen LogP contribution in [0.25, 0.3) is 0 Å². The largest absolute Gasteiger partial charge is 0.383 e. The molecule has 0 rings (SSSR count). The fourth-order valence-electron chi connectivity index (χ4n) is 1.62. The van der Waals surface area contributed by atoms with Gasteiger partial charge in [0.2, 0.25) is 0 Å². The first-order valence-corrected chi connectivity index (χ1v) is 6.01. The van der Waals surface area contributed by atoms with Gasteiger partial charge in [0.1, 0.15) is 0 Å². The molecule has 0 aliphatic carbocycles. The zero-order valence-corrected chi connectivity index (χ0v) is 10.8. The van der Waals surface area contributed by atoms with Crippen LogP contribution in [0, 0.1) is 5.92 Å². The van der Waals surface area contributed by atoms with Crippen LogP contribution in [0.15, 0.2) is 0 Å². The van der Waals surface area contributed by atoms with Gasteiger partial charge in [-0.2, -0.15) is 0 Å². The van der Waals surface area contributed by atoms with Crippen molar-refractivity contribution in [3.8, 4) is 0 Å². The van der Waals surface area contributed by atoms with E-state index in [-0.39, 0.29) is 0 Å². The van der Waals surface area contributed by atoms with E-state index in [4.69, 9.17) is 10.5 Å². The number of methoxy groups -OCH3 is 1. The molecule has 0 aliphatic rings. The highest BCUT2D eigenvalue weighted by atomic mass is 16.5. The van der Waals surface area contributed by atoms with Gasteiger partial charge in [-0.05, 0) is 45.3 Å². The van der Waals surface area contributed by atoms with Crippen LogP contribution in [0.3, 0.4) is 0 Å². The van der Waals surface area contributed by atoms with E-state index in [1.54, 1.807) is 7.11 Å². The van der Waals surface area contributed by atoms with E-state index >= 15 is 0 Å². The van der Waals surface area contributed by atoms with Crippen LogP contribution in [0.5, 0.6) is 0 Å². The Hall–Kier alpha value is -0.120. The Morgan fingerprint density at radius 3 is 2.40 bits per heavy atom. The first kappa shape index (κ1) is 14.9. The van der Waals surface area contributed by atoms with Gasteiger partial charge in [0.25, 0.3) is 0 Å². The normalized spacial score (nSPS) is 13.8. The highest BCUT2D eigenvalue weighted by Gasteiger charge is 2.13. The lowest BCUT2D eigenvalue weighted by molar-refractivity contribution is 0.0974. The van der Waals surface area contributed by atoms with Crippen LogP contribution < -0.4 is 5.73 Å². The Morgan fingerprint density at radius 1 is 1.27 bits per heavy atom. The summed E-state index contributed by atoms with van der Waals surface area (Å²) in [4.78, 5) is 2.40. The summed E-state index contributed by atoms with van der Waals surface area (Å²) in [6.45, 7) is 7.27. The monoisotopic (exact) mass is 216 g/mol. The lowest BCUT2D eigenvalue weighted by Crippen LogP contribution is -2.36. The van der Waals surface area contributed by atoms with Gasteiger partial charge in [0.15, 0.2) is 0 Å². The average molecular weight is 216 g/mol. The predicted molar refractivity (Wildman–Crippen MR) is 66.0 cm³/mol.